The molecule has 2 heterocycles. The summed E-state index contributed by atoms with van der Waals surface area (Å²) in [7, 11) is -3.75. The van der Waals surface area contributed by atoms with E-state index in [1.54, 1.807) is 0 Å². The van der Waals surface area contributed by atoms with Crippen LogP contribution in [0.5, 0.6) is 0 Å². The van der Waals surface area contributed by atoms with Crippen LogP contribution in [0.15, 0.2) is 39.2 Å². The lowest BCUT2D eigenvalue weighted by molar-refractivity contribution is 0.103. The van der Waals surface area contributed by atoms with Gasteiger partial charge in [0.05, 0.1) is 10.5 Å². The summed E-state index contributed by atoms with van der Waals surface area (Å²) in [5.41, 5.74) is 5.14. The first-order valence-corrected chi connectivity index (χ1v) is 12.9. The van der Waals surface area contributed by atoms with Gasteiger partial charge in [0.25, 0.3) is 0 Å². The molecule has 0 unspecified atom stereocenters. The summed E-state index contributed by atoms with van der Waals surface area (Å²) in [5.74, 6) is -2.99. The molecule has 0 amide bonds. The average Bonchev–Trinajstić information content (AvgIpc) is 3.29. The fourth-order valence-electron chi connectivity index (χ4n) is 3.66. The van der Waals surface area contributed by atoms with Crippen molar-refractivity contribution in [1.82, 2.24) is 9.29 Å². The van der Waals surface area contributed by atoms with Crippen LogP contribution in [0.4, 0.5) is 19.7 Å². The summed E-state index contributed by atoms with van der Waals surface area (Å²) < 4.78 is 55.0. The third-order valence-electron chi connectivity index (χ3n) is 5.33. The predicted octanol–water partition coefficient (Wildman–Crippen LogP) is 4.42. The number of sulfonamides is 1. The van der Waals surface area contributed by atoms with E-state index in [1.807, 2.05) is 0 Å². The van der Waals surface area contributed by atoms with Gasteiger partial charge in [0.15, 0.2) is 5.13 Å². The van der Waals surface area contributed by atoms with Crippen molar-refractivity contribution in [3.8, 4) is 0 Å². The van der Waals surface area contributed by atoms with Crippen LogP contribution in [-0.2, 0) is 10.0 Å². The van der Waals surface area contributed by atoms with Crippen molar-refractivity contribution >= 4 is 61.3 Å². The van der Waals surface area contributed by atoms with Gasteiger partial charge in [-0.3, -0.25) is 4.79 Å². The highest BCUT2D eigenvalue weighted by molar-refractivity contribution is 7.93. The first-order valence-electron chi connectivity index (χ1n) is 9.84. The lowest BCUT2D eigenvalue weighted by Gasteiger charge is -2.31. The monoisotopic (exact) mass is 534 g/mol. The fourth-order valence-corrected chi connectivity index (χ4v) is 7.05. The molecular formula is C20H18Cl2F2N4O3S2. The number of aromatic nitrogens is 1. The minimum Gasteiger partial charge on any atom is -0.382 e. The van der Waals surface area contributed by atoms with Gasteiger partial charge in [-0.1, -0.05) is 40.6 Å². The molecule has 0 atom stereocenters. The zero-order valence-corrected chi connectivity index (χ0v) is 20.1. The number of allylic oxidation sites excluding steroid dienone is 3. The predicted molar refractivity (Wildman–Crippen MR) is 125 cm³/mol. The summed E-state index contributed by atoms with van der Waals surface area (Å²) in [6.45, 7) is 0.485. The first-order chi connectivity index (χ1) is 15.6. The lowest BCUT2D eigenvalue weighted by Crippen LogP contribution is -2.42. The van der Waals surface area contributed by atoms with Gasteiger partial charge >= 0.3 is 0 Å². The van der Waals surface area contributed by atoms with E-state index in [2.05, 4.69) is 10.3 Å². The van der Waals surface area contributed by atoms with Crippen LogP contribution >= 0.6 is 34.5 Å². The molecule has 176 valence electrons. The Morgan fingerprint density at radius 1 is 1.21 bits per heavy atom. The van der Waals surface area contributed by atoms with Crippen molar-refractivity contribution < 1.29 is 22.0 Å². The third kappa shape index (κ3) is 4.78. The molecular weight excluding hydrogens is 517 g/mol. The van der Waals surface area contributed by atoms with Crippen molar-refractivity contribution in [2.75, 3.05) is 24.1 Å². The summed E-state index contributed by atoms with van der Waals surface area (Å²) in [6.07, 6.45) is 2.51. The van der Waals surface area contributed by atoms with Gasteiger partial charge in [0, 0.05) is 35.6 Å². The van der Waals surface area contributed by atoms with Gasteiger partial charge in [-0.2, -0.15) is 4.31 Å². The molecule has 3 N–H and O–H groups in total. The second-order valence-electron chi connectivity index (χ2n) is 7.52. The maximum absolute atomic E-state index is 14.0. The molecule has 7 nitrogen and oxygen atoms in total. The molecule has 1 aromatic carbocycles. The number of nitrogens with zero attached hydrogens (tertiary/aromatic N) is 2. The number of halogens is 4. The molecule has 0 bridgehead atoms. The smallest absolute Gasteiger partial charge is 0.244 e. The number of rotatable bonds is 6. The van der Waals surface area contributed by atoms with Crippen LogP contribution < -0.4 is 11.1 Å². The Bertz CT molecular complexity index is 1270. The van der Waals surface area contributed by atoms with E-state index in [-0.39, 0.29) is 46.2 Å². The minimum absolute atomic E-state index is 0.0248. The van der Waals surface area contributed by atoms with Gasteiger partial charge in [0.2, 0.25) is 15.8 Å². The van der Waals surface area contributed by atoms with E-state index in [9.17, 15) is 22.0 Å². The molecule has 13 heteroatoms. The Morgan fingerprint density at radius 3 is 2.42 bits per heavy atom. The Morgan fingerprint density at radius 2 is 1.85 bits per heavy atom. The SMILES string of the molecule is Nc1nc(NC2CCN(S(=O)(=O)C3=C(Cl)CC(Cl)=C3)CC2)sc1C(=O)c1c(F)cccc1F. The number of anilines is 2. The minimum atomic E-state index is -3.75. The zero-order chi connectivity index (χ0) is 23.9. The molecule has 0 spiro atoms. The summed E-state index contributed by atoms with van der Waals surface area (Å²) in [5, 5.41) is 4.01. The van der Waals surface area contributed by atoms with E-state index < -0.39 is 33.0 Å². The van der Waals surface area contributed by atoms with Crippen molar-refractivity contribution in [2.24, 2.45) is 0 Å². The highest BCUT2D eigenvalue weighted by Gasteiger charge is 2.34. The normalized spacial score (nSPS) is 18.0. The molecule has 1 saturated heterocycles. The third-order valence-corrected chi connectivity index (χ3v) is 8.99. The molecule has 1 fully saturated rings. The molecule has 1 aliphatic carbocycles. The van der Waals surface area contributed by atoms with E-state index in [1.165, 1.54) is 16.4 Å². The van der Waals surface area contributed by atoms with Crippen LogP contribution in [0.1, 0.15) is 34.5 Å². The Balaban J connectivity index is 1.43. The molecule has 33 heavy (non-hydrogen) atoms. The van der Waals surface area contributed by atoms with Crippen molar-refractivity contribution in [1.29, 1.82) is 0 Å². The van der Waals surface area contributed by atoms with Gasteiger partial charge in [-0.25, -0.2) is 22.2 Å². The van der Waals surface area contributed by atoms with Crippen molar-refractivity contribution in [3.63, 3.8) is 0 Å². The Kier molecular flexibility index (Phi) is 6.79. The molecule has 4 rings (SSSR count). The zero-order valence-electron chi connectivity index (χ0n) is 16.9. The Labute approximate surface area is 202 Å². The number of thiazole rings is 1. The van der Waals surface area contributed by atoms with Crippen LogP contribution in [0, 0.1) is 11.6 Å². The molecule has 0 radical (unpaired) electrons. The average molecular weight is 535 g/mol. The number of benzene rings is 1. The Hall–Kier alpha value is -2.05. The number of carbonyl (C=O) groups is 1. The fraction of sp³-hybridized carbons (Fsp3) is 0.300. The van der Waals surface area contributed by atoms with Gasteiger partial charge in [0.1, 0.15) is 22.3 Å². The molecule has 0 saturated carbocycles. The summed E-state index contributed by atoms with van der Waals surface area (Å²) in [4.78, 5) is 16.7. The van der Waals surface area contributed by atoms with Crippen LogP contribution in [0.25, 0.3) is 0 Å². The maximum Gasteiger partial charge on any atom is 0.244 e. The van der Waals surface area contributed by atoms with Crippen molar-refractivity contribution in [3.05, 3.63) is 61.3 Å². The second-order valence-corrected chi connectivity index (χ2v) is 11.4. The standard InChI is InChI=1S/C20H18Cl2F2N4O3S2/c21-10-8-12(22)15(9-10)33(30,31)28-6-4-11(5-7-28)26-20-27-19(25)18(32-20)17(29)16-13(23)2-1-3-14(16)24/h1-3,9,11H,4-8,25H2,(H,26,27). The molecule has 1 aromatic heterocycles. The largest absolute Gasteiger partial charge is 0.382 e. The summed E-state index contributed by atoms with van der Waals surface area (Å²) >= 11 is 12.9. The van der Waals surface area contributed by atoms with Crippen LogP contribution in [-0.4, -0.2) is 42.6 Å². The van der Waals surface area contributed by atoms with Gasteiger partial charge < -0.3 is 11.1 Å². The molecule has 2 aliphatic rings. The number of nitrogen functional groups attached to an aromatic ring is 1. The highest BCUT2D eigenvalue weighted by atomic mass is 35.5. The lowest BCUT2D eigenvalue weighted by atomic mass is 10.1. The molecule has 2 aromatic rings. The number of piperidine rings is 1. The van der Waals surface area contributed by atoms with Gasteiger partial charge in [-0.05, 0) is 31.1 Å². The number of hydrogen-bond donors (Lipinski definition) is 2. The van der Waals surface area contributed by atoms with E-state index in [4.69, 9.17) is 28.9 Å². The van der Waals surface area contributed by atoms with Crippen LogP contribution in [0.3, 0.4) is 0 Å². The highest BCUT2D eigenvalue weighted by Crippen LogP contribution is 2.36. The summed E-state index contributed by atoms with van der Waals surface area (Å²) in [6, 6.07) is 3.02. The van der Waals surface area contributed by atoms with Crippen LogP contribution in [0.2, 0.25) is 0 Å². The first kappa shape index (κ1) is 24.1. The van der Waals surface area contributed by atoms with E-state index >= 15 is 0 Å². The van der Waals surface area contributed by atoms with E-state index in [0.717, 1.165) is 23.5 Å². The van der Waals surface area contributed by atoms with E-state index in [0.29, 0.717) is 23.0 Å². The van der Waals surface area contributed by atoms with Gasteiger partial charge in [-0.15, -0.1) is 0 Å². The number of nitrogens with two attached hydrogens (primary N) is 1. The quantitative estimate of drug-likeness (QED) is 0.531. The number of nitrogens with one attached hydrogen (secondary N) is 1. The second kappa shape index (κ2) is 9.30. The van der Waals surface area contributed by atoms with Crippen molar-refractivity contribution in [2.45, 2.75) is 25.3 Å². The number of ketones is 1. The topological polar surface area (TPSA) is 105 Å². The maximum atomic E-state index is 14.0. The number of hydrogen-bond acceptors (Lipinski definition) is 7. The molecule has 1 aliphatic heterocycles. The number of carbonyl (C=O) groups excluding carboxylic acids is 1.